The van der Waals surface area contributed by atoms with Crippen molar-refractivity contribution in [1.29, 1.82) is 5.26 Å². The first-order valence-corrected chi connectivity index (χ1v) is 4.39. The quantitative estimate of drug-likeness (QED) is 0.582. The Morgan fingerprint density at radius 3 is 2.60 bits per heavy atom. The number of ether oxygens (including phenoxy) is 1. The van der Waals surface area contributed by atoms with E-state index in [9.17, 15) is 9.90 Å². The zero-order chi connectivity index (χ0) is 11.5. The van der Waals surface area contributed by atoms with Crippen molar-refractivity contribution < 1.29 is 14.6 Å². The normalized spacial score (nSPS) is 10.5. The van der Waals surface area contributed by atoms with Crippen LogP contribution in [0.25, 0.3) is 0 Å². The maximum atomic E-state index is 11.3. The Morgan fingerprint density at radius 1 is 1.47 bits per heavy atom. The van der Waals surface area contributed by atoms with Gasteiger partial charge in [0.25, 0.3) is 0 Å². The molecule has 0 spiro atoms. The van der Waals surface area contributed by atoms with Gasteiger partial charge in [-0.15, -0.1) is 0 Å². The molecular weight excluding hydrogens is 194 g/mol. The van der Waals surface area contributed by atoms with Gasteiger partial charge in [-0.2, -0.15) is 5.26 Å². The van der Waals surface area contributed by atoms with Crippen molar-refractivity contribution in [2.24, 2.45) is 0 Å². The van der Waals surface area contributed by atoms with Crippen LogP contribution in [0, 0.1) is 11.3 Å². The van der Waals surface area contributed by atoms with Gasteiger partial charge >= 0.3 is 5.97 Å². The van der Waals surface area contributed by atoms with Crippen molar-refractivity contribution in [2.75, 3.05) is 0 Å². The zero-order valence-corrected chi connectivity index (χ0v) is 8.52. The minimum absolute atomic E-state index is 0.159. The number of hydrogen-bond donors (Lipinski definition) is 1. The van der Waals surface area contributed by atoms with Crippen LogP contribution in [0.5, 0.6) is 5.75 Å². The van der Waals surface area contributed by atoms with Crippen molar-refractivity contribution in [3.05, 3.63) is 29.8 Å². The summed E-state index contributed by atoms with van der Waals surface area (Å²) in [5.74, 6) is -0.627. The lowest BCUT2D eigenvalue weighted by molar-refractivity contribution is -0.151. The van der Waals surface area contributed by atoms with E-state index in [4.69, 9.17) is 10.00 Å². The SMILES string of the molecule is CC(C)(O)C(=O)Oc1ccccc1C#N. The van der Waals surface area contributed by atoms with Crippen LogP contribution in [0.4, 0.5) is 0 Å². The lowest BCUT2D eigenvalue weighted by atomic mass is 10.1. The predicted octanol–water partition coefficient (Wildman–Crippen LogP) is 1.23. The Labute approximate surface area is 87.7 Å². The number of para-hydroxylation sites is 1. The number of aliphatic hydroxyl groups is 1. The monoisotopic (exact) mass is 205 g/mol. The molecule has 0 heterocycles. The second-order valence-electron chi connectivity index (χ2n) is 3.56. The number of carbonyl (C=O) groups excluding carboxylic acids is 1. The molecule has 0 radical (unpaired) electrons. The van der Waals surface area contributed by atoms with Crippen molar-refractivity contribution >= 4 is 5.97 Å². The van der Waals surface area contributed by atoms with Crippen LogP contribution in [0.3, 0.4) is 0 Å². The van der Waals surface area contributed by atoms with Crippen LogP contribution in [0.1, 0.15) is 19.4 Å². The van der Waals surface area contributed by atoms with Gasteiger partial charge in [0.15, 0.2) is 5.60 Å². The van der Waals surface area contributed by atoms with E-state index in [0.717, 1.165) is 0 Å². The summed E-state index contributed by atoms with van der Waals surface area (Å²) in [6.07, 6.45) is 0. The van der Waals surface area contributed by atoms with E-state index in [-0.39, 0.29) is 11.3 Å². The Bertz CT molecular complexity index is 413. The predicted molar refractivity (Wildman–Crippen MR) is 53.1 cm³/mol. The molecule has 0 fully saturated rings. The molecule has 0 unspecified atom stereocenters. The fourth-order valence-electron chi connectivity index (χ4n) is 0.873. The van der Waals surface area contributed by atoms with Crippen molar-refractivity contribution in [2.45, 2.75) is 19.4 Å². The molecule has 0 aromatic heterocycles. The summed E-state index contributed by atoms with van der Waals surface area (Å²) < 4.78 is 4.89. The standard InChI is InChI=1S/C11H11NO3/c1-11(2,14)10(13)15-9-6-4-3-5-8(9)7-12/h3-6,14H,1-2H3. The molecule has 0 saturated heterocycles. The summed E-state index contributed by atoms with van der Waals surface area (Å²) in [6, 6.07) is 8.24. The third-order valence-corrected chi connectivity index (χ3v) is 1.71. The van der Waals surface area contributed by atoms with E-state index in [2.05, 4.69) is 0 Å². The minimum atomic E-state index is -1.57. The second-order valence-corrected chi connectivity index (χ2v) is 3.56. The topological polar surface area (TPSA) is 70.3 Å². The van der Waals surface area contributed by atoms with Crippen LogP contribution < -0.4 is 4.74 Å². The number of rotatable bonds is 2. The highest BCUT2D eigenvalue weighted by atomic mass is 16.6. The van der Waals surface area contributed by atoms with Gasteiger partial charge in [-0.1, -0.05) is 12.1 Å². The van der Waals surface area contributed by atoms with Crippen molar-refractivity contribution in [3.63, 3.8) is 0 Å². The van der Waals surface area contributed by atoms with E-state index >= 15 is 0 Å². The van der Waals surface area contributed by atoms with Crippen LogP contribution in [-0.2, 0) is 4.79 Å². The molecule has 1 aromatic carbocycles. The molecule has 0 atom stereocenters. The number of nitriles is 1. The van der Waals surface area contributed by atoms with Gasteiger partial charge in [0.2, 0.25) is 0 Å². The molecule has 0 amide bonds. The van der Waals surface area contributed by atoms with E-state index in [1.54, 1.807) is 12.1 Å². The molecule has 1 rings (SSSR count). The van der Waals surface area contributed by atoms with Crippen LogP contribution in [0.2, 0.25) is 0 Å². The molecule has 1 N–H and O–H groups in total. The van der Waals surface area contributed by atoms with E-state index in [0.29, 0.717) is 0 Å². The average molecular weight is 205 g/mol. The molecule has 78 valence electrons. The first-order valence-electron chi connectivity index (χ1n) is 4.39. The van der Waals surface area contributed by atoms with Crippen LogP contribution in [0.15, 0.2) is 24.3 Å². The summed E-state index contributed by atoms with van der Waals surface area (Å²) in [5, 5.41) is 18.1. The Kier molecular flexibility index (Phi) is 3.08. The third kappa shape index (κ3) is 2.79. The first-order chi connectivity index (χ1) is 6.95. The Hall–Kier alpha value is -1.86. The summed E-state index contributed by atoms with van der Waals surface area (Å²) in [4.78, 5) is 11.3. The lowest BCUT2D eigenvalue weighted by Crippen LogP contribution is -2.35. The van der Waals surface area contributed by atoms with Gasteiger partial charge in [-0.3, -0.25) is 0 Å². The molecule has 4 heteroatoms. The summed E-state index contributed by atoms with van der Waals surface area (Å²) in [6.45, 7) is 2.65. The third-order valence-electron chi connectivity index (χ3n) is 1.71. The highest BCUT2D eigenvalue weighted by Gasteiger charge is 2.26. The Balaban J connectivity index is 2.92. The summed E-state index contributed by atoms with van der Waals surface area (Å²) in [5.41, 5.74) is -1.31. The van der Waals surface area contributed by atoms with Crippen LogP contribution >= 0.6 is 0 Å². The fraction of sp³-hybridized carbons (Fsp3) is 0.273. The maximum Gasteiger partial charge on any atom is 0.342 e. The number of hydrogen-bond acceptors (Lipinski definition) is 4. The van der Waals surface area contributed by atoms with E-state index < -0.39 is 11.6 Å². The number of benzene rings is 1. The van der Waals surface area contributed by atoms with Gasteiger partial charge < -0.3 is 9.84 Å². The maximum absolute atomic E-state index is 11.3. The Morgan fingerprint density at radius 2 is 2.07 bits per heavy atom. The molecule has 15 heavy (non-hydrogen) atoms. The molecule has 0 bridgehead atoms. The van der Waals surface area contributed by atoms with Crippen LogP contribution in [-0.4, -0.2) is 16.7 Å². The second kappa shape index (κ2) is 4.11. The molecular formula is C11H11NO3. The van der Waals surface area contributed by atoms with Gasteiger partial charge in [-0.25, -0.2) is 4.79 Å². The highest BCUT2D eigenvalue weighted by molar-refractivity contribution is 5.80. The van der Waals surface area contributed by atoms with E-state index in [1.165, 1.54) is 26.0 Å². The first kappa shape index (κ1) is 11.2. The van der Waals surface area contributed by atoms with Gasteiger partial charge in [0.05, 0.1) is 5.56 Å². The molecule has 0 aliphatic heterocycles. The van der Waals surface area contributed by atoms with Crippen molar-refractivity contribution in [1.82, 2.24) is 0 Å². The molecule has 0 aliphatic carbocycles. The number of esters is 1. The average Bonchev–Trinajstić information content (AvgIpc) is 2.17. The van der Waals surface area contributed by atoms with Gasteiger partial charge in [-0.05, 0) is 26.0 Å². The summed E-state index contributed by atoms with van der Waals surface area (Å²) in [7, 11) is 0. The number of carbonyl (C=O) groups is 1. The van der Waals surface area contributed by atoms with Crippen molar-refractivity contribution in [3.8, 4) is 11.8 Å². The van der Waals surface area contributed by atoms with E-state index in [1.807, 2.05) is 6.07 Å². The smallest absolute Gasteiger partial charge is 0.342 e. The lowest BCUT2D eigenvalue weighted by Gasteiger charge is -2.15. The van der Waals surface area contributed by atoms with Gasteiger partial charge in [0.1, 0.15) is 11.8 Å². The molecule has 4 nitrogen and oxygen atoms in total. The largest absolute Gasteiger partial charge is 0.423 e. The fourth-order valence-corrected chi connectivity index (χ4v) is 0.873. The molecule has 0 aliphatic rings. The molecule has 1 aromatic rings. The zero-order valence-electron chi connectivity index (χ0n) is 8.52. The number of nitrogens with zero attached hydrogens (tertiary/aromatic N) is 1. The minimum Gasteiger partial charge on any atom is -0.423 e. The summed E-state index contributed by atoms with van der Waals surface area (Å²) >= 11 is 0. The van der Waals surface area contributed by atoms with Gasteiger partial charge in [0, 0.05) is 0 Å². The molecule has 0 saturated carbocycles. The highest BCUT2D eigenvalue weighted by Crippen LogP contribution is 2.18.